The van der Waals surface area contributed by atoms with Gasteiger partial charge in [0.25, 0.3) is 5.91 Å². The van der Waals surface area contributed by atoms with Crippen LogP contribution in [0.25, 0.3) is 11.1 Å². The third-order valence-electron chi connectivity index (χ3n) is 4.67. The summed E-state index contributed by atoms with van der Waals surface area (Å²) in [6, 6.07) is 10.4. The molecule has 130 valence electrons. The summed E-state index contributed by atoms with van der Waals surface area (Å²) in [5.74, 6) is -0.613. The summed E-state index contributed by atoms with van der Waals surface area (Å²) in [5.41, 5.74) is 2.42. The van der Waals surface area contributed by atoms with Crippen molar-refractivity contribution < 1.29 is 9.18 Å². The number of benzene rings is 1. The van der Waals surface area contributed by atoms with Crippen LogP contribution in [0.4, 0.5) is 4.39 Å². The second-order valence-electron chi connectivity index (χ2n) is 6.31. The lowest BCUT2D eigenvalue weighted by Gasteiger charge is -2.17. The Morgan fingerprint density at radius 3 is 2.69 bits per heavy atom. The van der Waals surface area contributed by atoms with Crippen LogP contribution >= 0.6 is 0 Å². The SMILES string of the molecule is O=C(c1ccc(-c2cncnc2)cc1F)N1CCC(c2ccccn2)C1. The molecule has 0 spiro atoms. The van der Waals surface area contributed by atoms with Crippen molar-refractivity contribution in [3.63, 3.8) is 0 Å². The second kappa shape index (κ2) is 7.00. The number of aromatic nitrogens is 3. The second-order valence-corrected chi connectivity index (χ2v) is 6.31. The highest BCUT2D eigenvalue weighted by Crippen LogP contribution is 2.28. The predicted molar refractivity (Wildman–Crippen MR) is 94.9 cm³/mol. The highest BCUT2D eigenvalue weighted by Gasteiger charge is 2.29. The minimum Gasteiger partial charge on any atom is -0.338 e. The van der Waals surface area contributed by atoms with Crippen LogP contribution in [0.2, 0.25) is 0 Å². The van der Waals surface area contributed by atoms with Gasteiger partial charge in [-0.25, -0.2) is 14.4 Å². The fourth-order valence-corrected chi connectivity index (χ4v) is 3.29. The standard InChI is InChI=1S/C20H17FN4O/c21-18-9-14(16-10-22-13-23-11-16)4-5-17(18)20(26)25-8-6-15(12-25)19-3-1-2-7-24-19/h1-5,7,9-11,13,15H,6,8,12H2. The number of hydrogen-bond acceptors (Lipinski definition) is 4. The van der Waals surface area contributed by atoms with Gasteiger partial charge in [-0.3, -0.25) is 9.78 Å². The Morgan fingerprint density at radius 1 is 1.12 bits per heavy atom. The van der Waals surface area contributed by atoms with Crippen LogP contribution in [0, 0.1) is 5.82 Å². The summed E-state index contributed by atoms with van der Waals surface area (Å²) < 4.78 is 14.6. The lowest BCUT2D eigenvalue weighted by atomic mass is 10.0. The lowest BCUT2D eigenvalue weighted by molar-refractivity contribution is 0.0786. The minimum absolute atomic E-state index is 0.0901. The Hall–Kier alpha value is -3.15. The molecule has 0 aliphatic carbocycles. The van der Waals surface area contributed by atoms with Crippen LogP contribution in [-0.2, 0) is 0 Å². The zero-order chi connectivity index (χ0) is 17.9. The van der Waals surface area contributed by atoms with E-state index in [1.165, 1.54) is 18.5 Å². The van der Waals surface area contributed by atoms with Gasteiger partial charge in [-0.1, -0.05) is 12.1 Å². The average Bonchev–Trinajstić information content (AvgIpc) is 3.19. The fourth-order valence-electron chi connectivity index (χ4n) is 3.29. The molecule has 1 amide bonds. The minimum atomic E-state index is -0.530. The largest absolute Gasteiger partial charge is 0.338 e. The average molecular weight is 348 g/mol. The molecular formula is C20H17FN4O. The van der Waals surface area contributed by atoms with Gasteiger partial charge in [-0.05, 0) is 36.2 Å². The van der Waals surface area contributed by atoms with Crippen molar-refractivity contribution in [3.05, 3.63) is 78.4 Å². The first-order chi connectivity index (χ1) is 12.7. The van der Waals surface area contributed by atoms with Crippen molar-refractivity contribution in [1.29, 1.82) is 0 Å². The van der Waals surface area contributed by atoms with Gasteiger partial charge < -0.3 is 4.90 Å². The summed E-state index contributed by atoms with van der Waals surface area (Å²) in [5, 5.41) is 0. The highest BCUT2D eigenvalue weighted by atomic mass is 19.1. The van der Waals surface area contributed by atoms with Crippen LogP contribution in [-0.4, -0.2) is 38.8 Å². The Labute approximate surface area is 150 Å². The summed E-state index contributed by atoms with van der Waals surface area (Å²) in [7, 11) is 0. The van der Waals surface area contributed by atoms with Crippen molar-refractivity contribution in [3.8, 4) is 11.1 Å². The summed E-state index contributed by atoms with van der Waals surface area (Å²) >= 11 is 0. The Morgan fingerprint density at radius 2 is 1.96 bits per heavy atom. The summed E-state index contributed by atoms with van der Waals surface area (Å²) in [6.07, 6.45) is 7.24. The number of amides is 1. The molecule has 0 saturated carbocycles. The van der Waals surface area contributed by atoms with E-state index in [-0.39, 0.29) is 17.4 Å². The van der Waals surface area contributed by atoms with Crippen molar-refractivity contribution in [2.75, 3.05) is 13.1 Å². The first-order valence-electron chi connectivity index (χ1n) is 8.47. The molecule has 1 aliphatic heterocycles. The normalized spacial score (nSPS) is 16.7. The Balaban J connectivity index is 1.52. The maximum absolute atomic E-state index is 14.6. The number of rotatable bonds is 3. The van der Waals surface area contributed by atoms with E-state index in [2.05, 4.69) is 15.0 Å². The quantitative estimate of drug-likeness (QED) is 0.729. The zero-order valence-corrected chi connectivity index (χ0v) is 14.0. The van der Waals surface area contributed by atoms with Crippen molar-refractivity contribution in [2.45, 2.75) is 12.3 Å². The molecule has 0 bridgehead atoms. The molecule has 4 rings (SSSR count). The molecule has 2 aromatic heterocycles. The first kappa shape index (κ1) is 16.3. The molecule has 1 saturated heterocycles. The van der Waals surface area contributed by atoms with Crippen LogP contribution in [0.15, 0.2) is 61.3 Å². The number of likely N-dealkylation sites (tertiary alicyclic amines) is 1. The van der Waals surface area contributed by atoms with E-state index in [0.29, 0.717) is 24.2 Å². The highest BCUT2D eigenvalue weighted by molar-refractivity contribution is 5.95. The van der Waals surface area contributed by atoms with E-state index in [0.717, 1.165) is 12.1 Å². The van der Waals surface area contributed by atoms with Gasteiger partial charge in [0.15, 0.2) is 0 Å². The van der Waals surface area contributed by atoms with Crippen LogP contribution in [0.1, 0.15) is 28.4 Å². The number of hydrogen-bond donors (Lipinski definition) is 0. The lowest BCUT2D eigenvalue weighted by Crippen LogP contribution is -2.29. The molecule has 1 aromatic carbocycles. The molecule has 1 aliphatic rings. The molecule has 1 fully saturated rings. The first-order valence-corrected chi connectivity index (χ1v) is 8.47. The van der Waals surface area contributed by atoms with Crippen molar-refractivity contribution >= 4 is 5.91 Å². The molecule has 26 heavy (non-hydrogen) atoms. The van der Waals surface area contributed by atoms with Crippen LogP contribution in [0.3, 0.4) is 0 Å². The number of carbonyl (C=O) groups excluding carboxylic acids is 1. The molecule has 3 aromatic rings. The van der Waals surface area contributed by atoms with E-state index in [1.807, 2.05) is 18.2 Å². The van der Waals surface area contributed by atoms with E-state index in [4.69, 9.17) is 0 Å². The maximum Gasteiger partial charge on any atom is 0.256 e. The molecule has 0 radical (unpaired) electrons. The van der Waals surface area contributed by atoms with E-state index >= 15 is 0 Å². The monoisotopic (exact) mass is 348 g/mol. The fraction of sp³-hybridized carbons (Fsp3) is 0.200. The van der Waals surface area contributed by atoms with Gasteiger partial charge in [0.1, 0.15) is 12.1 Å². The summed E-state index contributed by atoms with van der Waals surface area (Å²) in [6.45, 7) is 1.16. The van der Waals surface area contributed by atoms with Crippen molar-refractivity contribution in [1.82, 2.24) is 19.9 Å². The third-order valence-corrected chi connectivity index (χ3v) is 4.67. The maximum atomic E-state index is 14.6. The molecule has 1 atom stereocenters. The van der Waals surface area contributed by atoms with Crippen LogP contribution < -0.4 is 0 Å². The summed E-state index contributed by atoms with van der Waals surface area (Å²) in [4.78, 5) is 26.7. The molecule has 0 N–H and O–H groups in total. The number of pyridine rings is 1. The van der Waals surface area contributed by atoms with Gasteiger partial charge in [0.2, 0.25) is 0 Å². The predicted octanol–water partition coefficient (Wildman–Crippen LogP) is 3.31. The molecule has 6 heteroatoms. The Bertz CT molecular complexity index is 918. The smallest absolute Gasteiger partial charge is 0.256 e. The number of carbonyl (C=O) groups is 1. The van der Waals surface area contributed by atoms with Gasteiger partial charge in [0, 0.05) is 48.9 Å². The zero-order valence-electron chi connectivity index (χ0n) is 14.0. The topological polar surface area (TPSA) is 59.0 Å². The molecular weight excluding hydrogens is 331 g/mol. The number of halogens is 1. The van der Waals surface area contributed by atoms with E-state index in [1.54, 1.807) is 29.6 Å². The molecule has 1 unspecified atom stereocenters. The Kier molecular flexibility index (Phi) is 4.39. The van der Waals surface area contributed by atoms with Crippen molar-refractivity contribution in [2.24, 2.45) is 0 Å². The van der Waals surface area contributed by atoms with E-state index in [9.17, 15) is 9.18 Å². The number of nitrogens with zero attached hydrogens (tertiary/aromatic N) is 4. The van der Waals surface area contributed by atoms with Gasteiger partial charge in [-0.15, -0.1) is 0 Å². The van der Waals surface area contributed by atoms with Gasteiger partial charge >= 0.3 is 0 Å². The third kappa shape index (κ3) is 3.18. The molecule has 3 heterocycles. The van der Waals surface area contributed by atoms with Gasteiger partial charge in [0.05, 0.1) is 5.56 Å². The molecule has 5 nitrogen and oxygen atoms in total. The van der Waals surface area contributed by atoms with Gasteiger partial charge in [-0.2, -0.15) is 0 Å². The van der Waals surface area contributed by atoms with Crippen LogP contribution in [0.5, 0.6) is 0 Å². The van der Waals surface area contributed by atoms with E-state index < -0.39 is 5.82 Å².